The molecule has 0 aromatic carbocycles. The number of nitrogens with one attached hydrogen (secondary N) is 1. The quantitative estimate of drug-likeness (QED) is 0.495. The van der Waals surface area contributed by atoms with E-state index >= 15 is 0 Å². The first-order valence-corrected chi connectivity index (χ1v) is 3.28. The number of hydrogen-bond acceptors (Lipinski definition) is 2. The highest BCUT2D eigenvalue weighted by Crippen LogP contribution is 2.06. The Kier molecular flexibility index (Phi) is 1.70. The number of thioether (sulfide) groups is 1. The van der Waals surface area contributed by atoms with Gasteiger partial charge in [-0.15, -0.1) is 0 Å². The van der Waals surface area contributed by atoms with Crippen LogP contribution in [0, 0.1) is 0 Å². The fraction of sp³-hybridized carbons (Fsp3) is 0.250. The summed E-state index contributed by atoms with van der Waals surface area (Å²) in [7, 11) is 0. The third kappa shape index (κ3) is 1.49. The summed E-state index contributed by atoms with van der Waals surface area (Å²) in [4.78, 5) is 0. The second kappa shape index (κ2) is 2.33. The van der Waals surface area contributed by atoms with Crippen molar-refractivity contribution in [2.24, 2.45) is 0 Å². The zero-order valence-corrected chi connectivity index (χ0v) is 5.31. The van der Waals surface area contributed by atoms with Gasteiger partial charge in [-0.3, -0.25) is 0 Å². The molecule has 1 N–H and O–H groups in total. The van der Waals surface area contributed by atoms with Crippen LogP contribution in [-0.2, 0) is 0 Å². The van der Waals surface area contributed by atoms with Crippen molar-refractivity contribution < 1.29 is 0 Å². The van der Waals surface area contributed by atoms with Gasteiger partial charge in [0.05, 0.1) is 0 Å². The van der Waals surface area contributed by atoms with Crippen LogP contribution < -0.4 is 5.32 Å². The Bertz CT molecular complexity index is 108. The van der Waals surface area contributed by atoms with Crippen molar-refractivity contribution in [3.63, 3.8) is 0 Å². The molecule has 0 spiro atoms. The standard InChI is InChI=1S/C4H5NS2/c6-4-5-2-1-3-7-4/h1,3H,2H2,(H,5,6). The van der Waals surface area contributed by atoms with Crippen LogP contribution in [0.3, 0.4) is 0 Å². The predicted octanol–water partition coefficient (Wildman–Crippen LogP) is 1.12. The molecule has 0 unspecified atom stereocenters. The Balaban J connectivity index is 2.47. The van der Waals surface area contributed by atoms with Crippen LogP contribution in [0.25, 0.3) is 0 Å². The summed E-state index contributed by atoms with van der Waals surface area (Å²) in [5.41, 5.74) is 0. The summed E-state index contributed by atoms with van der Waals surface area (Å²) in [5.74, 6) is 0. The fourth-order valence-corrected chi connectivity index (χ4v) is 1.07. The maximum atomic E-state index is 4.81. The van der Waals surface area contributed by atoms with E-state index in [1.807, 2.05) is 11.5 Å². The highest BCUT2D eigenvalue weighted by Gasteiger charge is 1.93. The van der Waals surface area contributed by atoms with Gasteiger partial charge in [-0.1, -0.05) is 30.1 Å². The minimum Gasteiger partial charge on any atom is -0.367 e. The average molecular weight is 131 g/mol. The van der Waals surface area contributed by atoms with Crippen LogP contribution in [0.4, 0.5) is 0 Å². The molecule has 1 heterocycles. The Hall–Kier alpha value is -0.0200. The van der Waals surface area contributed by atoms with Gasteiger partial charge < -0.3 is 5.32 Å². The van der Waals surface area contributed by atoms with Crippen LogP contribution in [0.1, 0.15) is 0 Å². The first-order chi connectivity index (χ1) is 3.39. The molecule has 0 saturated carbocycles. The van der Waals surface area contributed by atoms with Crippen LogP contribution in [0.15, 0.2) is 11.5 Å². The van der Waals surface area contributed by atoms with Crippen LogP contribution >= 0.6 is 24.0 Å². The normalized spacial score (nSPS) is 19.1. The SMILES string of the molecule is S=C1NCC=CS1. The number of rotatable bonds is 0. The van der Waals surface area contributed by atoms with Crippen molar-refractivity contribution in [2.75, 3.05) is 6.54 Å². The predicted molar refractivity (Wildman–Crippen MR) is 37.3 cm³/mol. The minimum atomic E-state index is 0.877. The van der Waals surface area contributed by atoms with E-state index in [1.54, 1.807) is 11.8 Å². The van der Waals surface area contributed by atoms with Gasteiger partial charge in [-0.05, 0) is 5.41 Å². The molecule has 1 nitrogen and oxygen atoms in total. The third-order valence-corrected chi connectivity index (χ3v) is 1.76. The Labute approximate surface area is 52.2 Å². The highest BCUT2D eigenvalue weighted by atomic mass is 32.2. The molecule has 0 bridgehead atoms. The van der Waals surface area contributed by atoms with E-state index in [1.165, 1.54) is 0 Å². The summed E-state index contributed by atoms with van der Waals surface area (Å²) in [6.45, 7) is 0.895. The van der Waals surface area contributed by atoms with Crippen LogP contribution in [0.2, 0.25) is 0 Å². The zero-order valence-electron chi connectivity index (χ0n) is 3.68. The molecule has 0 aromatic heterocycles. The van der Waals surface area contributed by atoms with Crippen molar-refractivity contribution in [3.8, 4) is 0 Å². The average Bonchev–Trinajstić information content (AvgIpc) is 1.69. The first kappa shape index (κ1) is 5.12. The van der Waals surface area contributed by atoms with Gasteiger partial charge in [0.2, 0.25) is 0 Å². The van der Waals surface area contributed by atoms with E-state index < -0.39 is 0 Å². The zero-order chi connectivity index (χ0) is 5.11. The van der Waals surface area contributed by atoms with E-state index in [-0.39, 0.29) is 0 Å². The molecule has 0 atom stereocenters. The van der Waals surface area contributed by atoms with Gasteiger partial charge in [0.1, 0.15) is 4.32 Å². The lowest BCUT2D eigenvalue weighted by Crippen LogP contribution is -2.19. The van der Waals surface area contributed by atoms with E-state index in [0.717, 1.165) is 10.9 Å². The maximum absolute atomic E-state index is 4.81. The van der Waals surface area contributed by atoms with Crippen molar-refractivity contribution in [2.45, 2.75) is 0 Å². The Morgan fingerprint density at radius 2 is 2.71 bits per heavy atom. The lowest BCUT2D eigenvalue weighted by molar-refractivity contribution is 1.08. The molecule has 0 aromatic rings. The fourth-order valence-electron chi connectivity index (χ4n) is 0.342. The van der Waals surface area contributed by atoms with E-state index in [4.69, 9.17) is 12.2 Å². The van der Waals surface area contributed by atoms with Crippen molar-refractivity contribution >= 4 is 28.3 Å². The van der Waals surface area contributed by atoms with E-state index in [9.17, 15) is 0 Å². The summed E-state index contributed by atoms with van der Waals surface area (Å²) in [5, 5.41) is 4.99. The van der Waals surface area contributed by atoms with Crippen LogP contribution in [-0.4, -0.2) is 10.9 Å². The smallest absolute Gasteiger partial charge is 0.138 e. The van der Waals surface area contributed by atoms with Crippen molar-refractivity contribution in [3.05, 3.63) is 11.5 Å². The third-order valence-electron chi connectivity index (χ3n) is 0.636. The van der Waals surface area contributed by atoms with Gasteiger partial charge in [0, 0.05) is 6.54 Å². The number of thiocarbonyl (C=S) groups is 1. The monoisotopic (exact) mass is 131 g/mol. The molecule has 7 heavy (non-hydrogen) atoms. The second-order valence-corrected chi connectivity index (χ2v) is 2.74. The molecular formula is C4H5NS2. The van der Waals surface area contributed by atoms with Gasteiger partial charge >= 0.3 is 0 Å². The molecule has 0 amide bonds. The second-order valence-electron chi connectivity index (χ2n) is 1.16. The Morgan fingerprint density at radius 1 is 1.86 bits per heavy atom. The summed E-state index contributed by atoms with van der Waals surface area (Å²) in [6.07, 6.45) is 2.04. The molecule has 3 heteroatoms. The van der Waals surface area contributed by atoms with Gasteiger partial charge in [0.15, 0.2) is 0 Å². The summed E-state index contributed by atoms with van der Waals surface area (Å²) < 4.78 is 0.877. The summed E-state index contributed by atoms with van der Waals surface area (Å²) >= 11 is 6.36. The van der Waals surface area contributed by atoms with E-state index in [0.29, 0.717) is 0 Å². The molecule has 1 rings (SSSR count). The molecular weight excluding hydrogens is 126 g/mol. The maximum Gasteiger partial charge on any atom is 0.138 e. The van der Waals surface area contributed by atoms with Gasteiger partial charge in [-0.25, -0.2) is 0 Å². The minimum absolute atomic E-state index is 0.877. The molecule has 0 saturated heterocycles. The van der Waals surface area contributed by atoms with Crippen LogP contribution in [0.5, 0.6) is 0 Å². The van der Waals surface area contributed by atoms with Gasteiger partial charge in [0.25, 0.3) is 0 Å². The molecule has 1 aliphatic heterocycles. The highest BCUT2D eigenvalue weighted by molar-refractivity contribution is 8.24. The molecule has 0 radical (unpaired) electrons. The lowest BCUT2D eigenvalue weighted by atomic mass is 10.6. The number of hydrogen-bond donors (Lipinski definition) is 1. The van der Waals surface area contributed by atoms with Crippen molar-refractivity contribution in [1.82, 2.24) is 5.32 Å². The van der Waals surface area contributed by atoms with Crippen molar-refractivity contribution in [1.29, 1.82) is 0 Å². The topological polar surface area (TPSA) is 12.0 Å². The first-order valence-electron chi connectivity index (χ1n) is 1.99. The summed E-state index contributed by atoms with van der Waals surface area (Å²) in [6, 6.07) is 0. The largest absolute Gasteiger partial charge is 0.367 e. The Morgan fingerprint density at radius 3 is 3.00 bits per heavy atom. The molecule has 0 fully saturated rings. The molecule has 38 valence electrons. The lowest BCUT2D eigenvalue weighted by Gasteiger charge is -2.04. The van der Waals surface area contributed by atoms with Gasteiger partial charge in [-0.2, -0.15) is 0 Å². The molecule has 0 aliphatic carbocycles. The van der Waals surface area contributed by atoms with E-state index in [2.05, 4.69) is 5.32 Å². The molecule has 1 aliphatic rings.